The molecular formula is C17H28O6S. The van der Waals surface area contributed by atoms with Crippen molar-refractivity contribution in [3.8, 4) is 0 Å². The molecule has 1 saturated carbocycles. The molecule has 0 bridgehead atoms. The van der Waals surface area contributed by atoms with E-state index >= 15 is 0 Å². The number of carboxylic acid groups (broad SMARTS) is 2. The van der Waals surface area contributed by atoms with Crippen LogP contribution < -0.4 is 0 Å². The van der Waals surface area contributed by atoms with Gasteiger partial charge in [0, 0.05) is 25.7 Å². The van der Waals surface area contributed by atoms with Gasteiger partial charge >= 0.3 is 11.9 Å². The molecule has 0 aliphatic heterocycles. The van der Waals surface area contributed by atoms with Crippen LogP contribution in [0.2, 0.25) is 0 Å². The van der Waals surface area contributed by atoms with Crippen molar-refractivity contribution < 1.29 is 29.6 Å². The Morgan fingerprint density at radius 1 is 1.33 bits per heavy atom. The van der Waals surface area contributed by atoms with Gasteiger partial charge in [-0.25, -0.2) is 4.79 Å². The number of rotatable bonds is 6. The number of methoxy groups -OCH3 is 1. The van der Waals surface area contributed by atoms with Crippen molar-refractivity contribution in [2.45, 2.75) is 39.0 Å². The Bertz CT molecular complexity index is 440. The second-order valence-electron chi connectivity index (χ2n) is 5.67. The van der Waals surface area contributed by atoms with E-state index < -0.39 is 11.9 Å². The molecule has 1 aromatic heterocycles. The van der Waals surface area contributed by atoms with Crippen LogP contribution in [0.1, 0.15) is 49.4 Å². The third-order valence-electron chi connectivity index (χ3n) is 3.68. The topological polar surface area (TPSA) is 104 Å². The van der Waals surface area contributed by atoms with Crippen molar-refractivity contribution >= 4 is 23.3 Å². The molecule has 1 fully saturated rings. The summed E-state index contributed by atoms with van der Waals surface area (Å²) in [5, 5.41) is 28.5. The summed E-state index contributed by atoms with van der Waals surface area (Å²) in [4.78, 5) is 20.2. The maximum Gasteiger partial charge on any atom is 0.336 e. The van der Waals surface area contributed by atoms with E-state index in [9.17, 15) is 9.59 Å². The Balaban J connectivity index is 0.000000332. The van der Waals surface area contributed by atoms with Crippen LogP contribution in [-0.2, 0) is 9.53 Å². The van der Waals surface area contributed by atoms with Gasteiger partial charge in [0.15, 0.2) is 0 Å². The number of aliphatic hydroxyl groups excluding tert-OH is 1. The van der Waals surface area contributed by atoms with Gasteiger partial charge in [-0.15, -0.1) is 0 Å². The molecule has 1 heterocycles. The molecular weight excluding hydrogens is 332 g/mol. The van der Waals surface area contributed by atoms with Gasteiger partial charge in [0.25, 0.3) is 0 Å². The minimum atomic E-state index is -0.855. The monoisotopic (exact) mass is 360 g/mol. The first kappa shape index (κ1) is 22.6. The molecule has 1 atom stereocenters. The SMILES string of the molecule is COCCC(C)C(=O)O.O=C(O)c1ccsc1.OCC1CCCC1. The van der Waals surface area contributed by atoms with E-state index in [1.54, 1.807) is 30.9 Å². The lowest BCUT2D eigenvalue weighted by Crippen LogP contribution is -2.11. The summed E-state index contributed by atoms with van der Waals surface area (Å²) < 4.78 is 4.70. The largest absolute Gasteiger partial charge is 0.481 e. The first-order chi connectivity index (χ1) is 11.4. The van der Waals surface area contributed by atoms with Crippen LogP contribution in [0.15, 0.2) is 16.8 Å². The number of hydrogen-bond acceptors (Lipinski definition) is 5. The fourth-order valence-corrected chi connectivity index (χ4v) is 2.63. The lowest BCUT2D eigenvalue weighted by atomic mass is 10.1. The number of hydrogen-bond donors (Lipinski definition) is 3. The van der Waals surface area contributed by atoms with Crippen LogP contribution in [0, 0.1) is 11.8 Å². The first-order valence-corrected chi connectivity index (χ1v) is 8.94. The fourth-order valence-electron chi connectivity index (χ4n) is 2.00. The maximum absolute atomic E-state index is 10.1. The minimum absolute atomic E-state index is 0.287. The van der Waals surface area contributed by atoms with Crippen molar-refractivity contribution in [1.29, 1.82) is 0 Å². The van der Waals surface area contributed by atoms with Gasteiger partial charge in [0.05, 0.1) is 11.5 Å². The fraction of sp³-hybridized carbons (Fsp3) is 0.647. The van der Waals surface area contributed by atoms with Gasteiger partial charge in [-0.1, -0.05) is 19.8 Å². The maximum atomic E-state index is 10.1. The molecule has 138 valence electrons. The number of carboxylic acids is 2. The van der Waals surface area contributed by atoms with Gasteiger partial charge in [-0.2, -0.15) is 11.3 Å². The Labute approximate surface area is 147 Å². The number of ether oxygens (including phenoxy) is 1. The lowest BCUT2D eigenvalue weighted by Gasteiger charge is -2.02. The smallest absolute Gasteiger partial charge is 0.336 e. The van der Waals surface area contributed by atoms with Crippen molar-refractivity contribution in [2.75, 3.05) is 20.3 Å². The van der Waals surface area contributed by atoms with Crippen molar-refractivity contribution in [1.82, 2.24) is 0 Å². The number of aliphatic carboxylic acids is 1. The summed E-state index contributed by atoms with van der Waals surface area (Å²) in [6.45, 7) is 2.61. The average Bonchev–Trinajstić information content (AvgIpc) is 3.26. The van der Waals surface area contributed by atoms with E-state index in [0.29, 0.717) is 31.1 Å². The molecule has 1 aliphatic rings. The molecule has 2 rings (SSSR count). The molecule has 0 aromatic carbocycles. The first-order valence-electron chi connectivity index (χ1n) is 8.00. The quantitative estimate of drug-likeness (QED) is 0.718. The molecule has 7 heteroatoms. The van der Waals surface area contributed by atoms with Crippen molar-refractivity contribution in [2.24, 2.45) is 11.8 Å². The zero-order chi connectivity index (χ0) is 18.4. The van der Waals surface area contributed by atoms with E-state index in [4.69, 9.17) is 20.1 Å². The summed E-state index contributed by atoms with van der Waals surface area (Å²) in [6.07, 6.45) is 5.79. The van der Waals surface area contributed by atoms with E-state index in [-0.39, 0.29) is 5.92 Å². The normalized spacial score (nSPS) is 14.8. The zero-order valence-electron chi connectivity index (χ0n) is 14.3. The number of carbonyl (C=O) groups is 2. The number of aromatic carboxylic acids is 1. The van der Waals surface area contributed by atoms with Crippen LogP contribution in [0.25, 0.3) is 0 Å². The van der Waals surface area contributed by atoms with Gasteiger partial charge in [-0.05, 0) is 36.6 Å². The molecule has 6 nitrogen and oxygen atoms in total. The Morgan fingerprint density at radius 3 is 2.25 bits per heavy atom. The summed E-state index contributed by atoms with van der Waals surface area (Å²) >= 11 is 1.39. The predicted octanol–water partition coefficient (Wildman–Crippen LogP) is 3.36. The average molecular weight is 360 g/mol. The van der Waals surface area contributed by atoms with Gasteiger partial charge < -0.3 is 20.1 Å². The summed E-state index contributed by atoms with van der Waals surface area (Å²) in [5.74, 6) is -1.25. The van der Waals surface area contributed by atoms with Crippen LogP contribution >= 0.6 is 11.3 Å². The highest BCUT2D eigenvalue weighted by Gasteiger charge is 2.12. The summed E-state index contributed by atoms with van der Waals surface area (Å²) in [7, 11) is 1.56. The molecule has 0 radical (unpaired) electrons. The van der Waals surface area contributed by atoms with Crippen LogP contribution in [0.5, 0.6) is 0 Å². The molecule has 24 heavy (non-hydrogen) atoms. The summed E-state index contributed by atoms with van der Waals surface area (Å²) in [5.41, 5.74) is 0.370. The Morgan fingerprint density at radius 2 is 1.96 bits per heavy atom. The Kier molecular flexibility index (Phi) is 13.1. The zero-order valence-corrected chi connectivity index (χ0v) is 15.1. The molecule has 3 N–H and O–H groups in total. The molecule has 0 saturated heterocycles. The van der Waals surface area contributed by atoms with E-state index in [1.165, 1.54) is 37.0 Å². The molecule has 1 unspecified atom stereocenters. The standard InChI is InChI=1S/C6H12O3.C6H12O.C5H4O2S/c1-5(6(7)8)3-4-9-2;7-5-6-3-1-2-4-6;6-5(7)4-1-2-8-3-4/h5H,3-4H2,1-2H3,(H,7,8);6-7H,1-5H2;1-3H,(H,6,7). The predicted molar refractivity (Wildman–Crippen MR) is 93.6 cm³/mol. The highest BCUT2D eigenvalue weighted by molar-refractivity contribution is 7.08. The second-order valence-corrected chi connectivity index (χ2v) is 6.45. The van der Waals surface area contributed by atoms with Crippen LogP contribution in [0.4, 0.5) is 0 Å². The van der Waals surface area contributed by atoms with Gasteiger partial charge in [-0.3, -0.25) is 4.79 Å². The number of thiophene rings is 1. The van der Waals surface area contributed by atoms with Crippen LogP contribution in [0.3, 0.4) is 0 Å². The highest BCUT2D eigenvalue weighted by atomic mass is 32.1. The van der Waals surface area contributed by atoms with Gasteiger partial charge in [0.2, 0.25) is 0 Å². The molecule has 0 spiro atoms. The van der Waals surface area contributed by atoms with Gasteiger partial charge in [0.1, 0.15) is 0 Å². The van der Waals surface area contributed by atoms with E-state index in [0.717, 1.165) is 0 Å². The summed E-state index contributed by atoms with van der Waals surface area (Å²) in [6, 6.07) is 1.58. The van der Waals surface area contributed by atoms with Crippen molar-refractivity contribution in [3.63, 3.8) is 0 Å². The molecule has 0 amide bonds. The molecule has 1 aromatic rings. The third-order valence-corrected chi connectivity index (χ3v) is 4.36. The second kappa shape index (κ2) is 13.9. The van der Waals surface area contributed by atoms with E-state index in [1.807, 2.05) is 0 Å². The van der Waals surface area contributed by atoms with E-state index in [2.05, 4.69) is 0 Å². The highest BCUT2D eigenvalue weighted by Crippen LogP contribution is 2.23. The molecule has 1 aliphatic carbocycles. The minimum Gasteiger partial charge on any atom is -0.481 e. The van der Waals surface area contributed by atoms with Crippen molar-refractivity contribution in [3.05, 3.63) is 22.4 Å². The Hall–Kier alpha value is -1.44. The number of aliphatic hydroxyl groups is 1. The van der Waals surface area contributed by atoms with Crippen LogP contribution in [-0.4, -0.2) is 47.6 Å². The lowest BCUT2D eigenvalue weighted by molar-refractivity contribution is -0.141. The third kappa shape index (κ3) is 11.2.